The van der Waals surface area contributed by atoms with Crippen molar-refractivity contribution < 1.29 is 0 Å². The molecule has 1 heteroatoms. The van der Waals surface area contributed by atoms with E-state index < -0.39 is 0 Å². The lowest BCUT2D eigenvalue weighted by Crippen LogP contribution is -2.43. The Morgan fingerprint density at radius 3 is 2.56 bits per heavy atom. The minimum absolute atomic E-state index is 0.921. The second-order valence-electron chi connectivity index (χ2n) is 6.03. The smallest absolute Gasteiger partial charge is 0.0166 e. The van der Waals surface area contributed by atoms with E-state index in [4.69, 9.17) is 0 Å². The van der Waals surface area contributed by atoms with Gasteiger partial charge in [0.2, 0.25) is 0 Å². The van der Waals surface area contributed by atoms with Gasteiger partial charge in [0.05, 0.1) is 0 Å². The van der Waals surface area contributed by atoms with E-state index in [1.54, 1.807) is 0 Å². The van der Waals surface area contributed by atoms with Gasteiger partial charge in [-0.15, -0.1) is 0 Å². The minimum atomic E-state index is 0.921. The van der Waals surface area contributed by atoms with E-state index in [0.29, 0.717) is 0 Å². The van der Waals surface area contributed by atoms with Gasteiger partial charge >= 0.3 is 0 Å². The lowest BCUT2D eigenvalue weighted by Gasteiger charge is -2.43. The number of hydrogen-bond acceptors (Lipinski definition) is 1. The highest BCUT2D eigenvalue weighted by Gasteiger charge is 2.34. The largest absolute Gasteiger partial charge is 0.296 e. The molecule has 3 aliphatic rings. The van der Waals surface area contributed by atoms with Gasteiger partial charge in [0.25, 0.3) is 0 Å². The van der Waals surface area contributed by atoms with Gasteiger partial charge in [-0.05, 0) is 37.5 Å². The topological polar surface area (TPSA) is 3.24 Å². The van der Waals surface area contributed by atoms with E-state index >= 15 is 0 Å². The lowest BCUT2D eigenvalue weighted by molar-refractivity contribution is 0.0794. The van der Waals surface area contributed by atoms with Gasteiger partial charge in [-0.3, -0.25) is 4.90 Å². The van der Waals surface area contributed by atoms with E-state index in [1.165, 1.54) is 64.5 Å². The Labute approximate surface area is 99.9 Å². The molecule has 0 bridgehead atoms. The fraction of sp³-hybridized carbons (Fsp3) is 0.867. The van der Waals surface area contributed by atoms with Crippen molar-refractivity contribution in [1.82, 2.24) is 4.90 Å². The Hall–Kier alpha value is -0.300. The molecule has 1 aliphatic heterocycles. The van der Waals surface area contributed by atoms with Crippen molar-refractivity contribution in [3.63, 3.8) is 0 Å². The van der Waals surface area contributed by atoms with Crippen LogP contribution in [0, 0.1) is 11.8 Å². The van der Waals surface area contributed by atoms with Crippen LogP contribution in [0.2, 0.25) is 0 Å². The Morgan fingerprint density at radius 1 is 0.875 bits per heavy atom. The zero-order valence-electron chi connectivity index (χ0n) is 10.4. The highest BCUT2D eigenvalue weighted by Crippen LogP contribution is 2.41. The average molecular weight is 219 g/mol. The summed E-state index contributed by atoms with van der Waals surface area (Å²) in [4.78, 5) is 2.74. The molecule has 2 aliphatic carbocycles. The molecule has 3 unspecified atom stereocenters. The maximum absolute atomic E-state index is 2.74. The summed E-state index contributed by atoms with van der Waals surface area (Å²) < 4.78 is 0. The van der Waals surface area contributed by atoms with Gasteiger partial charge in [0, 0.05) is 19.1 Å². The van der Waals surface area contributed by atoms with Crippen LogP contribution in [0.5, 0.6) is 0 Å². The summed E-state index contributed by atoms with van der Waals surface area (Å²) in [6.45, 7) is 2.54. The molecule has 0 aromatic heterocycles. The Balaban J connectivity index is 1.59. The lowest BCUT2D eigenvalue weighted by atomic mass is 9.69. The van der Waals surface area contributed by atoms with Crippen LogP contribution in [-0.2, 0) is 0 Å². The molecular weight excluding hydrogens is 194 g/mol. The molecule has 0 saturated heterocycles. The summed E-state index contributed by atoms with van der Waals surface area (Å²) in [5, 5.41) is 0. The zero-order chi connectivity index (χ0) is 10.8. The fourth-order valence-corrected chi connectivity index (χ4v) is 4.17. The van der Waals surface area contributed by atoms with Crippen LogP contribution in [0.3, 0.4) is 0 Å². The fourth-order valence-electron chi connectivity index (χ4n) is 4.17. The molecule has 0 amide bonds. The van der Waals surface area contributed by atoms with Crippen LogP contribution in [-0.4, -0.2) is 24.0 Å². The molecule has 0 N–H and O–H groups in total. The molecule has 2 saturated carbocycles. The molecule has 0 aromatic carbocycles. The van der Waals surface area contributed by atoms with Gasteiger partial charge in [0.15, 0.2) is 0 Å². The van der Waals surface area contributed by atoms with E-state index in [9.17, 15) is 0 Å². The summed E-state index contributed by atoms with van der Waals surface area (Å²) >= 11 is 0. The number of hydrogen-bond donors (Lipinski definition) is 0. The predicted molar refractivity (Wildman–Crippen MR) is 68.4 cm³/mol. The molecule has 1 nitrogen and oxygen atoms in total. The van der Waals surface area contributed by atoms with Crippen molar-refractivity contribution in [1.29, 1.82) is 0 Å². The first-order valence-electron chi connectivity index (χ1n) is 7.32. The molecule has 2 fully saturated rings. The molecule has 3 rings (SSSR count). The number of nitrogens with zero attached hydrogens (tertiary/aromatic N) is 1. The van der Waals surface area contributed by atoms with Crippen LogP contribution in [0.4, 0.5) is 0 Å². The molecule has 3 atom stereocenters. The monoisotopic (exact) mass is 219 g/mol. The van der Waals surface area contributed by atoms with Crippen molar-refractivity contribution in [2.24, 2.45) is 11.8 Å². The molecular formula is C15H25N. The quantitative estimate of drug-likeness (QED) is 0.609. The SMILES string of the molecule is C1=CCN(C2CCC3CCCCC3C2)CC1. The Morgan fingerprint density at radius 2 is 1.75 bits per heavy atom. The second-order valence-corrected chi connectivity index (χ2v) is 6.03. The van der Waals surface area contributed by atoms with Crippen molar-refractivity contribution in [2.75, 3.05) is 13.1 Å². The highest BCUT2D eigenvalue weighted by atomic mass is 15.2. The van der Waals surface area contributed by atoms with Crippen LogP contribution < -0.4 is 0 Å². The van der Waals surface area contributed by atoms with Gasteiger partial charge in [-0.1, -0.05) is 37.8 Å². The minimum Gasteiger partial charge on any atom is -0.296 e. The number of fused-ring (bicyclic) bond motifs is 1. The summed E-state index contributed by atoms with van der Waals surface area (Å²) in [7, 11) is 0. The third-order valence-electron chi connectivity index (χ3n) is 5.12. The molecule has 16 heavy (non-hydrogen) atoms. The predicted octanol–water partition coefficient (Wildman–Crippen LogP) is 3.61. The van der Waals surface area contributed by atoms with E-state index in [2.05, 4.69) is 17.1 Å². The summed E-state index contributed by atoms with van der Waals surface area (Å²) in [5.74, 6) is 2.18. The van der Waals surface area contributed by atoms with Crippen LogP contribution in [0.25, 0.3) is 0 Å². The summed E-state index contributed by atoms with van der Waals surface area (Å²) in [6, 6.07) is 0.921. The normalized spacial score (nSPS) is 40.6. The molecule has 90 valence electrons. The first kappa shape index (κ1) is 10.8. The molecule has 0 aromatic rings. The molecule has 0 radical (unpaired) electrons. The second kappa shape index (κ2) is 4.91. The summed E-state index contributed by atoms with van der Waals surface area (Å²) in [6.07, 6.45) is 16.6. The molecule has 1 heterocycles. The van der Waals surface area contributed by atoms with Gasteiger partial charge in [-0.25, -0.2) is 0 Å². The van der Waals surface area contributed by atoms with Gasteiger partial charge in [0.1, 0.15) is 0 Å². The van der Waals surface area contributed by atoms with Crippen LogP contribution in [0.15, 0.2) is 12.2 Å². The van der Waals surface area contributed by atoms with Gasteiger partial charge < -0.3 is 0 Å². The van der Waals surface area contributed by atoms with Crippen LogP contribution in [0.1, 0.15) is 51.4 Å². The van der Waals surface area contributed by atoms with E-state index in [-0.39, 0.29) is 0 Å². The van der Waals surface area contributed by atoms with E-state index in [0.717, 1.165) is 17.9 Å². The molecule has 0 spiro atoms. The van der Waals surface area contributed by atoms with Crippen molar-refractivity contribution >= 4 is 0 Å². The van der Waals surface area contributed by atoms with Crippen molar-refractivity contribution in [2.45, 2.75) is 57.4 Å². The third kappa shape index (κ3) is 2.20. The highest BCUT2D eigenvalue weighted by molar-refractivity contribution is 4.95. The maximum Gasteiger partial charge on any atom is 0.0166 e. The Bertz CT molecular complexity index is 258. The zero-order valence-corrected chi connectivity index (χ0v) is 10.4. The number of rotatable bonds is 1. The maximum atomic E-state index is 2.74. The van der Waals surface area contributed by atoms with E-state index in [1.807, 2.05) is 0 Å². The van der Waals surface area contributed by atoms with Crippen molar-refractivity contribution in [3.8, 4) is 0 Å². The third-order valence-corrected chi connectivity index (χ3v) is 5.12. The average Bonchev–Trinajstić information content (AvgIpc) is 2.39. The van der Waals surface area contributed by atoms with Crippen LogP contribution >= 0.6 is 0 Å². The first-order valence-corrected chi connectivity index (χ1v) is 7.32. The standard InChI is InChI=1S/C15H25N/c1-4-10-16(11-5-1)15-9-8-13-6-2-3-7-14(13)12-15/h1,4,13-15H,2-3,5-12H2. The van der Waals surface area contributed by atoms with Gasteiger partial charge in [-0.2, -0.15) is 0 Å². The first-order chi connectivity index (χ1) is 7.93. The Kier molecular flexibility index (Phi) is 3.32. The van der Waals surface area contributed by atoms with Crippen molar-refractivity contribution in [3.05, 3.63) is 12.2 Å². The summed E-state index contributed by atoms with van der Waals surface area (Å²) in [5.41, 5.74) is 0.